The average molecular weight is 286 g/mol. The summed E-state index contributed by atoms with van der Waals surface area (Å²) in [6.45, 7) is 2.37. The van der Waals surface area contributed by atoms with Gasteiger partial charge in [-0.15, -0.1) is 0 Å². The van der Waals surface area contributed by atoms with Gasteiger partial charge in [-0.05, 0) is 29.8 Å². The van der Waals surface area contributed by atoms with E-state index in [-0.39, 0.29) is 6.10 Å². The van der Waals surface area contributed by atoms with E-state index in [0.717, 1.165) is 22.4 Å². The minimum absolute atomic E-state index is 0.117. The van der Waals surface area contributed by atoms with Gasteiger partial charge in [0.05, 0.1) is 6.61 Å². The Morgan fingerprint density at radius 3 is 2.76 bits per heavy atom. The molecule has 0 aliphatic rings. The van der Waals surface area contributed by atoms with Crippen molar-refractivity contribution in [3.05, 3.63) is 48.0 Å². The lowest BCUT2D eigenvalue weighted by Crippen LogP contribution is -2.18. The molecule has 0 heterocycles. The van der Waals surface area contributed by atoms with E-state index in [1.807, 2.05) is 43.3 Å². The molecule has 4 nitrogen and oxygen atoms in total. The first kappa shape index (κ1) is 15.1. The van der Waals surface area contributed by atoms with E-state index < -0.39 is 5.97 Å². The Labute approximate surface area is 123 Å². The van der Waals surface area contributed by atoms with Gasteiger partial charge in [0.15, 0.2) is 0 Å². The summed E-state index contributed by atoms with van der Waals surface area (Å²) >= 11 is 0. The van der Waals surface area contributed by atoms with Crippen LogP contribution in [0.4, 0.5) is 0 Å². The maximum absolute atomic E-state index is 10.8. The second kappa shape index (κ2) is 6.90. The van der Waals surface area contributed by atoms with Gasteiger partial charge in [0.2, 0.25) is 0 Å². The van der Waals surface area contributed by atoms with Crippen LogP contribution in [0.25, 0.3) is 16.8 Å². The Bertz CT molecular complexity index is 661. The number of fused-ring (bicyclic) bond motifs is 1. The van der Waals surface area contributed by atoms with Gasteiger partial charge in [0.1, 0.15) is 11.9 Å². The highest BCUT2D eigenvalue weighted by Gasteiger charge is 2.10. The van der Waals surface area contributed by atoms with E-state index in [9.17, 15) is 4.79 Å². The van der Waals surface area contributed by atoms with Crippen molar-refractivity contribution < 1.29 is 19.4 Å². The third-order valence-corrected chi connectivity index (χ3v) is 3.05. The van der Waals surface area contributed by atoms with Crippen molar-refractivity contribution >= 4 is 22.8 Å². The zero-order valence-corrected chi connectivity index (χ0v) is 12.1. The number of aliphatic carboxylic acids is 1. The summed E-state index contributed by atoms with van der Waals surface area (Å²) in [5.41, 5.74) is 0.762. The van der Waals surface area contributed by atoms with E-state index in [1.54, 1.807) is 13.2 Å². The molecule has 2 rings (SSSR count). The Kier molecular flexibility index (Phi) is 4.95. The van der Waals surface area contributed by atoms with Crippen LogP contribution in [0.3, 0.4) is 0 Å². The van der Waals surface area contributed by atoms with Gasteiger partial charge < -0.3 is 14.6 Å². The molecule has 0 saturated carbocycles. The third-order valence-electron chi connectivity index (χ3n) is 3.05. The molecule has 1 unspecified atom stereocenters. The van der Waals surface area contributed by atoms with Crippen LogP contribution in [0.2, 0.25) is 0 Å². The molecule has 1 atom stereocenters. The van der Waals surface area contributed by atoms with Crippen LogP contribution in [0.1, 0.15) is 12.5 Å². The maximum Gasteiger partial charge on any atom is 0.328 e. The smallest absolute Gasteiger partial charge is 0.328 e. The monoisotopic (exact) mass is 286 g/mol. The molecular weight excluding hydrogens is 268 g/mol. The van der Waals surface area contributed by atoms with Crippen LogP contribution in [0, 0.1) is 0 Å². The molecule has 110 valence electrons. The summed E-state index contributed by atoms with van der Waals surface area (Å²) in [5, 5.41) is 10.8. The Hall–Kier alpha value is -2.33. The maximum atomic E-state index is 10.8. The molecule has 21 heavy (non-hydrogen) atoms. The van der Waals surface area contributed by atoms with Gasteiger partial charge in [0, 0.05) is 18.7 Å². The average Bonchev–Trinajstić information content (AvgIpc) is 2.46. The zero-order valence-electron chi connectivity index (χ0n) is 12.1. The van der Waals surface area contributed by atoms with Crippen molar-refractivity contribution in [3.8, 4) is 5.75 Å². The lowest BCUT2D eigenvalue weighted by molar-refractivity contribution is -0.131. The molecule has 0 fully saturated rings. The van der Waals surface area contributed by atoms with Crippen LogP contribution < -0.4 is 4.74 Å². The molecule has 0 aromatic heterocycles. The molecule has 2 aromatic carbocycles. The molecule has 2 aromatic rings. The first-order valence-corrected chi connectivity index (χ1v) is 6.70. The molecular formula is C17H18O4. The molecule has 0 amide bonds. The summed E-state index contributed by atoms with van der Waals surface area (Å²) in [7, 11) is 1.62. The summed E-state index contributed by atoms with van der Waals surface area (Å²) in [6.07, 6.45) is 2.57. The second-order valence-corrected chi connectivity index (χ2v) is 4.75. The molecule has 0 aliphatic carbocycles. The molecule has 0 bridgehead atoms. The summed E-state index contributed by atoms with van der Waals surface area (Å²) in [6, 6.07) is 11.6. The van der Waals surface area contributed by atoms with E-state index in [4.69, 9.17) is 14.6 Å². The molecule has 0 aliphatic heterocycles. The third kappa shape index (κ3) is 3.83. The van der Waals surface area contributed by atoms with Crippen molar-refractivity contribution in [3.63, 3.8) is 0 Å². The molecule has 4 heteroatoms. The van der Waals surface area contributed by atoms with Gasteiger partial charge in [0.25, 0.3) is 0 Å². The SMILES string of the molecule is COCC(C)Oc1ccc2ccccc2c1C=CC(=O)O. The number of carbonyl (C=O) groups is 1. The van der Waals surface area contributed by atoms with Crippen molar-refractivity contribution in [2.24, 2.45) is 0 Å². The Balaban J connectivity index is 2.48. The number of rotatable bonds is 6. The van der Waals surface area contributed by atoms with Crippen molar-refractivity contribution in [2.45, 2.75) is 13.0 Å². The number of carboxylic acids is 1. The van der Waals surface area contributed by atoms with Crippen LogP contribution in [-0.2, 0) is 9.53 Å². The van der Waals surface area contributed by atoms with Crippen molar-refractivity contribution in [1.82, 2.24) is 0 Å². The van der Waals surface area contributed by atoms with Gasteiger partial charge in [-0.25, -0.2) is 4.79 Å². The first-order chi connectivity index (χ1) is 10.1. The number of carboxylic acid groups (broad SMARTS) is 1. The minimum atomic E-state index is -0.987. The first-order valence-electron chi connectivity index (χ1n) is 6.70. The molecule has 0 radical (unpaired) electrons. The largest absolute Gasteiger partial charge is 0.488 e. The highest BCUT2D eigenvalue weighted by Crippen LogP contribution is 2.30. The predicted octanol–water partition coefficient (Wildman–Crippen LogP) is 3.35. The molecule has 1 N–H and O–H groups in total. The standard InChI is InChI=1S/C17H18O4/c1-12(11-20-2)21-16-9-7-13-5-3-4-6-14(13)15(16)8-10-17(18)19/h3-10,12H,11H2,1-2H3,(H,18,19). The van der Waals surface area contributed by atoms with E-state index in [0.29, 0.717) is 12.4 Å². The van der Waals surface area contributed by atoms with Crippen molar-refractivity contribution in [2.75, 3.05) is 13.7 Å². The van der Waals surface area contributed by atoms with Gasteiger partial charge >= 0.3 is 5.97 Å². The normalized spacial score (nSPS) is 12.7. The highest BCUT2D eigenvalue weighted by molar-refractivity contribution is 5.96. The fraction of sp³-hybridized carbons (Fsp3) is 0.235. The number of hydrogen-bond acceptors (Lipinski definition) is 3. The zero-order chi connectivity index (χ0) is 15.2. The van der Waals surface area contributed by atoms with E-state index in [1.165, 1.54) is 0 Å². The number of benzene rings is 2. The molecule has 0 spiro atoms. The topological polar surface area (TPSA) is 55.8 Å². The number of hydrogen-bond donors (Lipinski definition) is 1. The van der Waals surface area contributed by atoms with Crippen LogP contribution in [0.5, 0.6) is 5.75 Å². The summed E-state index contributed by atoms with van der Waals surface area (Å²) in [4.78, 5) is 10.8. The van der Waals surface area contributed by atoms with Crippen LogP contribution in [-0.4, -0.2) is 30.9 Å². The minimum Gasteiger partial charge on any atom is -0.488 e. The number of methoxy groups -OCH3 is 1. The van der Waals surface area contributed by atoms with Gasteiger partial charge in [-0.2, -0.15) is 0 Å². The lowest BCUT2D eigenvalue weighted by atomic mass is 10.0. The number of ether oxygens (including phenoxy) is 2. The quantitative estimate of drug-likeness (QED) is 0.827. The fourth-order valence-corrected chi connectivity index (χ4v) is 2.19. The van der Waals surface area contributed by atoms with Crippen LogP contribution in [0.15, 0.2) is 42.5 Å². The van der Waals surface area contributed by atoms with Gasteiger partial charge in [-0.3, -0.25) is 0 Å². The summed E-state index contributed by atoms with van der Waals surface area (Å²) in [5.74, 6) is -0.338. The Morgan fingerprint density at radius 2 is 2.05 bits per heavy atom. The lowest BCUT2D eigenvalue weighted by Gasteiger charge is -2.17. The van der Waals surface area contributed by atoms with E-state index in [2.05, 4.69) is 0 Å². The Morgan fingerprint density at radius 1 is 1.29 bits per heavy atom. The predicted molar refractivity (Wildman–Crippen MR) is 82.6 cm³/mol. The fourth-order valence-electron chi connectivity index (χ4n) is 2.19. The highest BCUT2D eigenvalue weighted by atomic mass is 16.5. The summed E-state index contributed by atoms with van der Waals surface area (Å²) < 4.78 is 10.9. The van der Waals surface area contributed by atoms with Crippen LogP contribution >= 0.6 is 0 Å². The molecule has 0 saturated heterocycles. The van der Waals surface area contributed by atoms with Crippen molar-refractivity contribution in [1.29, 1.82) is 0 Å². The van der Waals surface area contributed by atoms with Gasteiger partial charge in [-0.1, -0.05) is 30.3 Å². The van der Waals surface area contributed by atoms with E-state index >= 15 is 0 Å². The second-order valence-electron chi connectivity index (χ2n) is 4.75.